The Bertz CT molecular complexity index is 541. The van der Waals surface area contributed by atoms with E-state index in [-0.39, 0.29) is 22.7 Å². The minimum Gasteiger partial charge on any atom is -0.478 e. The molecule has 1 N–H and O–H groups in total. The number of halogens is 3. The van der Waals surface area contributed by atoms with Crippen LogP contribution >= 0.6 is 15.9 Å². The van der Waals surface area contributed by atoms with Gasteiger partial charge in [0.2, 0.25) is 0 Å². The first-order valence-electron chi connectivity index (χ1n) is 5.49. The lowest BCUT2D eigenvalue weighted by atomic mass is 10.0. The maximum absolute atomic E-state index is 12.1. The van der Waals surface area contributed by atoms with Gasteiger partial charge >= 0.3 is 12.6 Å². The molecular weight excluding hydrogens is 338 g/mol. The van der Waals surface area contributed by atoms with E-state index < -0.39 is 17.4 Å². The van der Waals surface area contributed by atoms with E-state index in [1.54, 1.807) is 6.92 Å². The fraction of sp³-hybridized carbons (Fsp3) is 0.231. The third-order valence-electron chi connectivity index (χ3n) is 2.28. The van der Waals surface area contributed by atoms with Crippen molar-refractivity contribution in [2.24, 2.45) is 0 Å². The van der Waals surface area contributed by atoms with Crippen molar-refractivity contribution in [1.82, 2.24) is 0 Å². The zero-order valence-electron chi connectivity index (χ0n) is 10.3. The molecule has 0 spiro atoms. The fourth-order valence-electron chi connectivity index (χ4n) is 1.45. The van der Waals surface area contributed by atoms with Crippen molar-refractivity contribution < 1.29 is 28.2 Å². The number of rotatable bonds is 6. The summed E-state index contributed by atoms with van der Waals surface area (Å²) in [6, 6.07) is 3.74. The molecule has 1 rings (SSSR count). The average Bonchev–Trinajstić information content (AvgIpc) is 2.34. The summed E-state index contributed by atoms with van der Waals surface area (Å²) in [7, 11) is 0. The Morgan fingerprint density at radius 2 is 2.05 bits per heavy atom. The third kappa shape index (κ3) is 4.73. The van der Waals surface area contributed by atoms with Crippen molar-refractivity contribution >= 4 is 33.8 Å². The Morgan fingerprint density at radius 3 is 2.55 bits per heavy atom. The summed E-state index contributed by atoms with van der Waals surface area (Å²) in [6.07, 6.45) is 1.97. The van der Waals surface area contributed by atoms with Gasteiger partial charge in [0, 0.05) is 11.6 Å². The lowest BCUT2D eigenvalue weighted by molar-refractivity contribution is -0.131. The van der Waals surface area contributed by atoms with Crippen LogP contribution in [-0.2, 0) is 4.79 Å². The van der Waals surface area contributed by atoms with E-state index in [9.17, 15) is 18.4 Å². The molecule has 7 heteroatoms. The Kier molecular flexibility index (Phi) is 5.82. The fourth-order valence-corrected chi connectivity index (χ4v) is 1.70. The first kappa shape index (κ1) is 16.3. The molecule has 1 aromatic rings. The van der Waals surface area contributed by atoms with Gasteiger partial charge < -0.3 is 9.84 Å². The molecule has 0 saturated heterocycles. The van der Waals surface area contributed by atoms with Crippen LogP contribution in [0.3, 0.4) is 0 Å². The maximum Gasteiger partial charge on any atom is 0.387 e. The van der Waals surface area contributed by atoms with Crippen LogP contribution in [0.15, 0.2) is 24.3 Å². The lowest BCUT2D eigenvalue weighted by Crippen LogP contribution is -2.12. The van der Waals surface area contributed by atoms with Gasteiger partial charge in [0.05, 0.1) is 4.83 Å². The van der Waals surface area contributed by atoms with Crippen LogP contribution in [0, 0.1) is 0 Å². The molecule has 1 aromatic carbocycles. The largest absolute Gasteiger partial charge is 0.478 e. The number of Topliss-reactive ketones (excluding diaryl/α,β-unsaturated/α-hetero) is 1. The summed E-state index contributed by atoms with van der Waals surface area (Å²) in [4.78, 5) is 22.0. The number of benzene rings is 1. The highest BCUT2D eigenvalue weighted by atomic mass is 79.9. The number of hydrogen-bond donors (Lipinski definition) is 1. The maximum atomic E-state index is 12.1. The molecular formula is C13H11BrF2O4. The molecule has 0 aliphatic heterocycles. The Balaban J connectivity index is 3.22. The van der Waals surface area contributed by atoms with Gasteiger partial charge in [0.15, 0.2) is 5.78 Å². The minimum absolute atomic E-state index is 0.149. The Hall–Kier alpha value is -1.76. The van der Waals surface area contributed by atoms with E-state index in [1.807, 2.05) is 0 Å². The molecule has 0 fully saturated rings. The standard InChI is InChI=1S/C13H11BrF2O4/c1-7(14)12(19)10-4-3-9(20-13(15)16)6-8(10)2-5-11(17)18/h2-7,13H,1H3,(H,17,18). The van der Waals surface area contributed by atoms with Crippen LogP contribution < -0.4 is 4.74 Å². The third-order valence-corrected chi connectivity index (χ3v) is 2.70. The molecule has 1 atom stereocenters. The highest BCUT2D eigenvalue weighted by Gasteiger charge is 2.16. The molecule has 0 heterocycles. The van der Waals surface area contributed by atoms with Crippen molar-refractivity contribution in [3.8, 4) is 5.75 Å². The molecule has 0 aliphatic carbocycles. The van der Waals surface area contributed by atoms with Crippen LogP contribution in [0.1, 0.15) is 22.8 Å². The van der Waals surface area contributed by atoms with Crippen LogP contribution in [-0.4, -0.2) is 28.3 Å². The Labute approximate surface area is 122 Å². The first-order chi connectivity index (χ1) is 9.31. The number of ketones is 1. The summed E-state index contributed by atoms with van der Waals surface area (Å²) in [5.41, 5.74) is 0.412. The number of carboxylic acids is 1. The van der Waals surface area contributed by atoms with Gasteiger partial charge in [-0.15, -0.1) is 0 Å². The summed E-state index contributed by atoms with van der Waals surface area (Å²) in [5.74, 6) is -1.65. The smallest absolute Gasteiger partial charge is 0.387 e. The van der Waals surface area contributed by atoms with Crippen molar-refractivity contribution in [2.45, 2.75) is 18.4 Å². The number of carbonyl (C=O) groups excluding carboxylic acids is 1. The van der Waals surface area contributed by atoms with Crippen LogP contribution in [0.25, 0.3) is 6.08 Å². The van der Waals surface area contributed by atoms with Gasteiger partial charge in [-0.1, -0.05) is 15.9 Å². The van der Waals surface area contributed by atoms with Crippen molar-refractivity contribution in [3.63, 3.8) is 0 Å². The minimum atomic E-state index is -3.00. The number of alkyl halides is 3. The van der Waals surface area contributed by atoms with Gasteiger partial charge in [-0.25, -0.2) is 4.79 Å². The van der Waals surface area contributed by atoms with E-state index >= 15 is 0 Å². The molecule has 4 nitrogen and oxygen atoms in total. The summed E-state index contributed by atoms with van der Waals surface area (Å²) >= 11 is 3.11. The topological polar surface area (TPSA) is 63.6 Å². The van der Waals surface area contributed by atoms with E-state index in [1.165, 1.54) is 18.2 Å². The van der Waals surface area contributed by atoms with Crippen LogP contribution in [0.2, 0.25) is 0 Å². The molecule has 0 bridgehead atoms. The zero-order chi connectivity index (χ0) is 15.3. The summed E-state index contributed by atoms with van der Waals surface area (Å²) in [6.45, 7) is -1.39. The van der Waals surface area contributed by atoms with Gasteiger partial charge in [0.1, 0.15) is 5.75 Å². The monoisotopic (exact) mass is 348 g/mol. The molecule has 108 valence electrons. The highest BCUT2D eigenvalue weighted by Crippen LogP contribution is 2.23. The van der Waals surface area contributed by atoms with E-state index in [0.717, 1.165) is 12.2 Å². The van der Waals surface area contributed by atoms with E-state index in [2.05, 4.69) is 20.7 Å². The van der Waals surface area contributed by atoms with Crippen molar-refractivity contribution in [2.75, 3.05) is 0 Å². The lowest BCUT2D eigenvalue weighted by Gasteiger charge is -2.10. The van der Waals surface area contributed by atoms with Gasteiger partial charge in [0.25, 0.3) is 0 Å². The predicted molar refractivity (Wildman–Crippen MR) is 72.5 cm³/mol. The Morgan fingerprint density at radius 1 is 1.40 bits per heavy atom. The highest BCUT2D eigenvalue weighted by molar-refractivity contribution is 9.10. The number of ether oxygens (including phenoxy) is 1. The van der Waals surface area contributed by atoms with Crippen molar-refractivity contribution in [1.29, 1.82) is 0 Å². The normalized spacial score (nSPS) is 12.7. The van der Waals surface area contributed by atoms with Crippen molar-refractivity contribution in [3.05, 3.63) is 35.4 Å². The quantitative estimate of drug-likeness (QED) is 0.486. The summed E-state index contributed by atoms with van der Waals surface area (Å²) < 4.78 is 28.5. The second-order valence-electron chi connectivity index (χ2n) is 3.78. The van der Waals surface area contributed by atoms with Crippen LogP contribution in [0.5, 0.6) is 5.75 Å². The number of carboxylic acid groups (broad SMARTS) is 1. The molecule has 0 saturated carbocycles. The van der Waals surface area contributed by atoms with E-state index in [4.69, 9.17) is 5.11 Å². The number of aliphatic carboxylic acids is 1. The molecule has 0 aromatic heterocycles. The van der Waals surface area contributed by atoms with Crippen LogP contribution in [0.4, 0.5) is 8.78 Å². The van der Waals surface area contributed by atoms with Gasteiger partial charge in [-0.05, 0) is 36.8 Å². The zero-order valence-corrected chi connectivity index (χ0v) is 11.9. The number of hydrogen-bond acceptors (Lipinski definition) is 3. The predicted octanol–water partition coefficient (Wildman–Crippen LogP) is 3.35. The van der Waals surface area contributed by atoms with E-state index in [0.29, 0.717) is 0 Å². The number of carbonyl (C=O) groups is 2. The second kappa shape index (κ2) is 7.14. The molecule has 0 radical (unpaired) electrons. The van der Waals surface area contributed by atoms with Gasteiger partial charge in [-0.2, -0.15) is 8.78 Å². The molecule has 20 heavy (non-hydrogen) atoms. The molecule has 0 aliphatic rings. The summed E-state index contributed by atoms with van der Waals surface area (Å²) in [5, 5.41) is 8.60. The second-order valence-corrected chi connectivity index (χ2v) is 5.15. The average molecular weight is 349 g/mol. The molecule has 1 unspecified atom stereocenters. The van der Waals surface area contributed by atoms with Gasteiger partial charge in [-0.3, -0.25) is 4.79 Å². The molecule has 0 amide bonds. The first-order valence-corrected chi connectivity index (χ1v) is 6.41. The SMILES string of the molecule is CC(Br)C(=O)c1ccc(OC(F)F)cc1C=CC(=O)O.